The van der Waals surface area contributed by atoms with Gasteiger partial charge in [0, 0.05) is 6.07 Å². The van der Waals surface area contributed by atoms with Crippen molar-refractivity contribution in [1.82, 2.24) is 10.5 Å². The zero-order valence-corrected chi connectivity index (χ0v) is 8.88. The van der Waals surface area contributed by atoms with Gasteiger partial charge in [-0.25, -0.2) is 0 Å². The first kappa shape index (κ1) is 10.1. The third-order valence-electron chi connectivity index (χ3n) is 2.48. The van der Waals surface area contributed by atoms with Crippen LogP contribution in [0.15, 0.2) is 33.4 Å². The van der Waals surface area contributed by atoms with Crippen molar-refractivity contribution in [2.45, 2.75) is 6.04 Å². The van der Waals surface area contributed by atoms with Gasteiger partial charge >= 0.3 is 0 Å². The molecule has 2 aromatic rings. The van der Waals surface area contributed by atoms with Gasteiger partial charge in [-0.1, -0.05) is 5.16 Å². The minimum absolute atomic E-state index is 0.0752. The van der Waals surface area contributed by atoms with Crippen LogP contribution in [0.3, 0.4) is 0 Å². The van der Waals surface area contributed by atoms with E-state index < -0.39 is 0 Å². The first-order chi connectivity index (χ1) is 8.33. The molecule has 0 radical (unpaired) electrons. The molecular weight excluding hydrogens is 224 g/mol. The molecule has 0 aromatic carbocycles. The van der Waals surface area contributed by atoms with Gasteiger partial charge in [0.05, 0.1) is 25.5 Å². The van der Waals surface area contributed by atoms with E-state index in [9.17, 15) is 4.79 Å². The van der Waals surface area contributed by atoms with E-state index in [1.807, 2.05) is 0 Å². The van der Waals surface area contributed by atoms with E-state index in [-0.39, 0.29) is 17.6 Å². The Balaban J connectivity index is 1.73. The van der Waals surface area contributed by atoms with Crippen LogP contribution in [-0.4, -0.2) is 30.3 Å². The number of aromatic nitrogens is 1. The predicted molar refractivity (Wildman–Crippen MR) is 56.3 cm³/mol. The Bertz CT molecular complexity index is 513. The topological polar surface area (TPSA) is 77.5 Å². The SMILES string of the molecule is O=C(NC1COC1)c1cc(-c2ccco2)on1. The lowest BCUT2D eigenvalue weighted by molar-refractivity contribution is -0.00360. The quantitative estimate of drug-likeness (QED) is 0.859. The van der Waals surface area contributed by atoms with Gasteiger partial charge in [0.25, 0.3) is 5.91 Å². The van der Waals surface area contributed by atoms with Crippen molar-refractivity contribution in [1.29, 1.82) is 0 Å². The van der Waals surface area contributed by atoms with Crippen LogP contribution in [-0.2, 0) is 4.74 Å². The van der Waals surface area contributed by atoms with Gasteiger partial charge in [0.15, 0.2) is 11.5 Å². The molecular formula is C11H10N2O4. The molecule has 17 heavy (non-hydrogen) atoms. The molecule has 1 N–H and O–H groups in total. The van der Waals surface area contributed by atoms with Crippen molar-refractivity contribution < 1.29 is 18.5 Å². The van der Waals surface area contributed by atoms with Crippen LogP contribution in [0.25, 0.3) is 11.5 Å². The predicted octanol–water partition coefficient (Wildman–Crippen LogP) is 1.06. The Morgan fingerprint density at radius 2 is 2.29 bits per heavy atom. The van der Waals surface area contributed by atoms with Gasteiger partial charge in [-0.05, 0) is 12.1 Å². The fourth-order valence-electron chi connectivity index (χ4n) is 1.50. The number of amides is 1. The molecule has 88 valence electrons. The molecule has 1 amide bonds. The lowest BCUT2D eigenvalue weighted by Gasteiger charge is -2.26. The highest BCUT2D eigenvalue weighted by molar-refractivity contribution is 5.93. The van der Waals surface area contributed by atoms with Crippen LogP contribution in [0.5, 0.6) is 0 Å². The standard InChI is InChI=1S/C11H10N2O4/c14-11(12-7-5-15-6-7)8-4-10(17-13-8)9-2-1-3-16-9/h1-4,7H,5-6H2,(H,12,14). The lowest BCUT2D eigenvalue weighted by Crippen LogP contribution is -2.48. The number of carbonyl (C=O) groups is 1. The molecule has 0 saturated carbocycles. The maximum atomic E-state index is 11.7. The van der Waals surface area contributed by atoms with Crippen molar-refractivity contribution in [2.75, 3.05) is 13.2 Å². The number of carbonyl (C=O) groups excluding carboxylic acids is 1. The van der Waals surface area contributed by atoms with E-state index in [4.69, 9.17) is 13.7 Å². The average molecular weight is 234 g/mol. The number of nitrogens with one attached hydrogen (secondary N) is 1. The fraction of sp³-hybridized carbons (Fsp3) is 0.273. The molecule has 3 heterocycles. The second-order valence-corrected chi connectivity index (χ2v) is 3.76. The summed E-state index contributed by atoms with van der Waals surface area (Å²) in [5, 5.41) is 6.47. The van der Waals surface area contributed by atoms with Crippen molar-refractivity contribution in [2.24, 2.45) is 0 Å². The zero-order chi connectivity index (χ0) is 11.7. The second kappa shape index (κ2) is 4.06. The minimum atomic E-state index is -0.264. The van der Waals surface area contributed by atoms with E-state index in [1.54, 1.807) is 18.2 Å². The molecule has 6 heteroatoms. The smallest absolute Gasteiger partial charge is 0.273 e. The van der Waals surface area contributed by atoms with Gasteiger partial charge in [-0.15, -0.1) is 0 Å². The Hall–Kier alpha value is -2.08. The molecule has 0 aliphatic carbocycles. The van der Waals surface area contributed by atoms with Gasteiger partial charge in [-0.3, -0.25) is 4.79 Å². The number of ether oxygens (including phenoxy) is 1. The van der Waals surface area contributed by atoms with Crippen LogP contribution < -0.4 is 5.32 Å². The monoisotopic (exact) mass is 234 g/mol. The molecule has 6 nitrogen and oxygen atoms in total. The molecule has 0 bridgehead atoms. The van der Waals surface area contributed by atoms with Crippen molar-refractivity contribution in [3.63, 3.8) is 0 Å². The van der Waals surface area contributed by atoms with Gasteiger partial charge in [-0.2, -0.15) is 0 Å². The molecule has 3 rings (SSSR count). The summed E-state index contributed by atoms with van der Waals surface area (Å²) in [6.07, 6.45) is 1.53. The van der Waals surface area contributed by atoms with Gasteiger partial charge in [0.1, 0.15) is 0 Å². The maximum absolute atomic E-state index is 11.7. The molecule has 1 aliphatic heterocycles. The Labute approximate surface area is 96.5 Å². The summed E-state index contributed by atoms with van der Waals surface area (Å²) in [5.41, 5.74) is 0.239. The molecule has 0 atom stereocenters. The van der Waals surface area contributed by atoms with Crippen molar-refractivity contribution >= 4 is 5.91 Å². The summed E-state index contributed by atoms with van der Waals surface area (Å²) in [4.78, 5) is 11.7. The second-order valence-electron chi connectivity index (χ2n) is 3.76. The lowest BCUT2D eigenvalue weighted by atomic mass is 10.2. The fourth-order valence-corrected chi connectivity index (χ4v) is 1.50. The molecule has 1 saturated heterocycles. The molecule has 0 unspecified atom stereocenters. The summed E-state index contributed by atoms with van der Waals surface area (Å²) in [7, 11) is 0. The van der Waals surface area contributed by atoms with E-state index >= 15 is 0 Å². The number of furan rings is 1. The van der Waals surface area contributed by atoms with Crippen molar-refractivity contribution in [3.8, 4) is 11.5 Å². The first-order valence-corrected chi connectivity index (χ1v) is 5.22. The largest absolute Gasteiger partial charge is 0.461 e. The summed E-state index contributed by atoms with van der Waals surface area (Å²) in [6, 6.07) is 5.10. The summed E-state index contributed by atoms with van der Waals surface area (Å²) in [5.74, 6) is 0.716. The van der Waals surface area contributed by atoms with Crippen LogP contribution in [0.1, 0.15) is 10.5 Å². The molecule has 1 fully saturated rings. The normalized spacial score (nSPS) is 15.5. The number of hydrogen-bond acceptors (Lipinski definition) is 5. The summed E-state index contributed by atoms with van der Waals surface area (Å²) in [6.45, 7) is 1.10. The minimum Gasteiger partial charge on any atom is -0.461 e. The molecule has 0 spiro atoms. The van der Waals surface area contributed by atoms with Crippen molar-refractivity contribution in [3.05, 3.63) is 30.2 Å². The van der Waals surface area contributed by atoms with Crippen LogP contribution in [0, 0.1) is 0 Å². The third kappa shape index (κ3) is 1.94. The third-order valence-corrected chi connectivity index (χ3v) is 2.48. The van der Waals surface area contributed by atoms with Crippen LogP contribution >= 0.6 is 0 Å². The number of rotatable bonds is 3. The molecule has 2 aromatic heterocycles. The van der Waals surface area contributed by atoms with Crippen LogP contribution in [0.2, 0.25) is 0 Å². The maximum Gasteiger partial charge on any atom is 0.273 e. The summed E-state index contributed by atoms with van der Waals surface area (Å²) < 4.78 is 15.1. The van der Waals surface area contributed by atoms with E-state index in [2.05, 4.69) is 10.5 Å². The van der Waals surface area contributed by atoms with Gasteiger partial charge < -0.3 is 19.0 Å². The van der Waals surface area contributed by atoms with E-state index in [0.29, 0.717) is 24.7 Å². The van der Waals surface area contributed by atoms with Gasteiger partial charge in [0.2, 0.25) is 5.76 Å². The number of hydrogen-bond donors (Lipinski definition) is 1. The highest BCUT2D eigenvalue weighted by Crippen LogP contribution is 2.20. The zero-order valence-electron chi connectivity index (χ0n) is 8.88. The highest BCUT2D eigenvalue weighted by Gasteiger charge is 2.23. The Morgan fingerprint density at radius 1 is 1.41 bits per heavy atom. The van der Waals surface area contributed by atoms with E-state index in [0.717, 1.165) is 0 Å². The molecule has 1 aliphatic rings. The average Bonchev–Trinajstić information content (AvgIpc) is 2.91. The summed E-state index contributed by atoms with van der Waals surface area (Å²) >= 11 is 0. The first-order valence-electron chi connectivity index (χ1n) is 5.22. The number of nitrogens with zero attached hydrogens (tertiary/aromatic N) is 1. The van der Waals surface area contributed by atoms with E-state index in [1.165, 1.54) is 6.26 Å². The Kier molecular flexibility index (Phi) is 2.41. The Morgan fingerprint density at radius 3 is 2.94 bits per heavy atom. The van der Waals surface area contributed by atoms with Crippen LogP contribution in [0.4, 0.5) is 0 Å². The highest BCUT2D eigenvalue weighted by atomic mass is 16.5.